The molecule has 0 aromatic carbocycles. The molecule has 1 N–H and O–H groups in total. The van der Waals surface area contributed by atoms with Crippen LogP contribution in [0.5, 0.6) is 0 Å². The van der Waals surface area contributed by atoms with E-state index in [9.17, 15) is 8.42 Å². The van der Waals surface area contributed by atoms with Gasteiger partial charge in [0.1, 0.15) is 9.84 Å². The molecule has 0 saturated carbocycles. The fourth-order valence-corrected chi connectivity index (χ4v) is 3.67. The normalized spacial score (nSPS) is 20.6. The number of aromatic nitrogens is 2. The third-order valence-electron chi connectivity index (χ3n) is 3.47. The number of nitrogens with one attached hydrogen (secondary N) is 1. The predicted molar refractivity (Wildman–Crippen MR) is 75.7 cm³/mol. The van der Waals surface area contributed by atoms with Crippen LogP contribution in [0.3, 0.4) is 0 Å². The average Bonchev–Trinajstić information content (AvgIpc) is 2.76. The van der Waals surface area contributed by atoms with Crippen molar-refractivity contribution in [3.05, 3.63) is 18.0 Å². The summed E-state index contributed by atoms with van der Waals surface area (Å²) in [6.45, 7) is 7.09. The molecule has 0 unspecified atom stereocenters. The number of sulfone groups is 1. The van der Waals surface area contributed by atoms with Gasteiger partial charge in [0.2, 0.25) is 0 Å². The highest BCUT2D eigenvalue weighted by Gasteiger charge is 2.23. The average molecular weight is 285 g/mol. The summed E-state index contributed by atoms with van der Waals surface area (Å²) in [5, 5.41) is 7.78. The third kappa shape index (κ3) is 4.04. The summed E-state index contributed by atoms with van der Waals surface area (Å²) in [7, 11) is -2.77. The van der Waals surface area contributed by atoms with Crippen molar-refractivity contribution in [1.82, 2.24) is 15.1 Å². The molecule has 1 fully saturated rings. The van der Waals surface area contributed by atoms with Crippen LogP contribution in [0.2, 0.25) is 0 Å². The van der Waals surface area contributed by atoms with Crippen LogP contribution >= 0.6 is 0 Å². The molecule has 108 valence electrons. The summed E-state index contributed by atoms with van der Waals surface area (Å²) in [5.74, 6) is 0.623. The second-order valence-electron chi connectivity index (χ2n) is 6.27. The van der Waals surface area contributed by atoms with Crippen molar-refractivity contribution in [1.29, 1.82) is 0 Å². The summed E-state index contributed by atoms with van der Waals surface area (Å²) in [6.07, 6.45) is 5.36. The van der Waals surface area contributed by atoms with E-state index in [0.717, 1.165) is 24.9 Å². The molecule has 1 saturated heterocycles. The summed E-state index contributed by atoms with van der Waals surface area (Å²) in [6, 6.07) is 0.307. The molecule has 0 spiro atoms. The maximum Gasteiger partial charge on any atom is 0.150 e. The van der Waals surface area contributed by atoms with Gasteiger partial charge in [-0.3, -0.25) is 4.68 Å². The standard InChI is InChI=1S/C13H23N3O2S/c1-13(2,3)16-10-11(9-15-16)8-14-12-4-6-19(17,18)7-5-12/h9-10,12,14H,4-8H2,1-3H3. The Morgan fingerprint density at radius 3 is 2.53 bits per heavy atom. The van der Waals surface area contributed by atoms with E-state index in [4.69, 9.17) is 0 Å². The Labute approximate surface area is 115 Å². The van der Waals surface area contributed by atoms with E-state index >= 15 is 0 Å². The fourth-order valence-electron chi connectivity index (χ4n) is 2.17. The molecule has 1 aromatic heterocycles. The van der Waals surface area contributed by atoms with Crippen molar-refractivity contribution in [3.63, 3.8) is 0 Å². The maximum absolute atomic E-state index is 11.3. The van der Waals surface area contributed by atoms with Crippen LogP contribution in [0.1, 0.15) is 39.2 Å². The highest BCUT2D eigenvalue weighted by atomic mass is 32.2. The molecule has 1 aliphatic heterocycles. The molecule has 5 nitrogen and oxygen atoms in total. The Bertz CT molecular complexity index is 514. The van der Waals surface area contributed by atoms with Gasteiger partial charge in [0.15, 0.2) is 0 Å². The highest BCUT2D eigenvalue weighted by molar-refractivity contribution is 7.91. The molecule has 1 aliphatic rings. The zero-order chi connectivity index (χ0) is 14.1. The molecule has 19 heavy (non-hydrogen) atoms. The van der Waals surface area contributed by atoms with Crippen molar-refractivity contribution in [2.45, 2.75) is 51.7 Å². The molecule has 0 radical (unpaired) electrons. The smallest absolute Gasteiger partial charge is 0.150 e. The van der Waals surface area contributed by atoms with Gasteiger partial charge < -0.3 is 5.32 Å². The molecule has 0 bridgehead atoms. The van der Waals surface area contributed by atoms with E-state index in [0.29, 0.717) is 17.5 Å². The van der Waals surface area contributed by atoms with Gasteiger partial charge >= 0.3 is 0 Å². The lowest BCUT2D eigenvalue weighted by Crippen LogP contribution is -2.37. The number of rotatable bonds is 3. The first-order valence-electron chi connectivity index (χ1n) is 6.74. The Balaban J connectivity index is 1.85. The van der Waals surface area contributed by atoms with E-state index in [2.05, 4.69) is 31.2 Å². The van der Waals surface area contributed by atoms with E-state index in [1.807, 2.05) is 17.1 Å². The molecule has 6 heteroatoms. The van der Waals surface area contributed by atoms with Crippen LogP contribution in [0, 0.1) is 0 Å². The fraction of sp³-hybridized carbons (Fsp3) is 0.769. The van der Waals surface area contributed by atoms with Crippen molar-refractivity contribution >= 4 is 9.84 Å². The Morgan fingerprint density at radius 2 is 2.00 bits per heavy atom. The Morgan fingerprint density at radius 1 is 1.37 bits per heavy atom. The van der Waals surface area contributed by atoms with E-state index in [1.54, 1.807) is 0 Å². The van der Waals surface area contributed by atoms with Gasteiger partial charge in [-0.1, -0.05) is 0 Å². The van der Waals surface area contributed by atoms with Crippen LogP contribution in [0.15, 0.2) is 12.4 Å². The lowest BCUT2D eigenvalue weighted by molar-refractivity contribution is 0.355. The lowest BCUT2D eigenvalue weighted by atomic mass is 10.1. The lowest BCUT2D eigenvalue weighted by Gasteiger charge is -2.23. The van der Waals surface area contributed by atoms with E-state index in [-0.39, 0.29) is 5.54 Å². The largest absolute Gasteiger partial charge is 0.310 e. The van der Waals surface area contributed by atoms with Crippen molar-refractivity contribution in [2.24, 2.45) is 0 Å². The number of hydrogen-bond acceptors (Lipinski definition) is 4. The van der Waals surface area contributed by atoms with E-state index < -0.39 is 9.84 Å². The summed E-state index contributed by atoms with van der Waals surface area (Å²) >= 11 is 0. The van der Waals surface area contributed by atoms with Crippen LogP contribution < -0.4 is 5.32 Å². The molecular formula is C13H23N3O2S. The van der Waals surface area contributed by atoms with Crippen LogP contribution in [-0.4, -0.2) is 35.7 Å². The van der Waals surface area contributed by atoms with Gasteiger partial charge in [0, 0.05) is 24.3 Å². The molecule has 0 amide bonds. The minimum atomic E-state index is -2.77. The van der Waals surface area contributed by atoms with Gasteiger partial charge in [-0.2, -0.15) is 5.10 Å². The minimum absolute atomic E-state index is 0.00281. The number of nitrogens with zero attached hydrogens (tertiary/aromatic N) is 2. The van der Waals surface area contributed by atoms with Crippen molar-refractivity contribution < 1.29 is 8.42 Å². The van der Waals surface area contributed by atoms with Crippen molar-refractivity contribution in [2.75, 3.05) is 11.5 Å². The molecule has 2 rings (SSSR count). The predicted octanol–water partition coefficient (Wildman–Crippen LogP) is 1.30. The highest BCUT2D eigenvalue weighted by Crippen LogP contribution is 2.15. The van der Waals surface area contributed by atoms with Gasteiger partial charge in [-0.25, -0.2) is 8.42 Å². The van der Waals surface area contributed by atoms with E-state index in [1.165, 1.54) is 0 Å². The third-order valence-corrected chi connectivity index (χ3v) is 5.19. The second kappa shape index (κ2) is 5.25. The number of hydrogen-bond donors (Lipinski definition) is 1. The van der Waals surface area contributed by atoms with Gasteiger partial charge in [-0.15, -0.1) is 0 Å². The Kier molecular flexibility index (Phi) is 4.01. The van der Waals surface area contributed by atoms with Gasteiger partial charge in [-0.05, 0) is 33.6 Å². The SMILES string of the molecule is CC(C)(C)n1cc(CNC2CCS(=O)(=O)CC2)cn1. The van der Waals surface area contributed by atoms with Crippen molar-refractivity contribution in [3.8, 4) is 0 Å². The maximum atomic E-state index is 11.3. The zero-order valence-electron chi connectivity index (χ0n) is 11.9. The first-order chi connectivity index (χ1) is 8.76. The molecule has 0 atom stereocenters. The summed E-state index contributed by atoms with van der Waals surface area (Å²) in [4.78, 5) is 0. The first-order valence-corrected chi connectivity index (χ1v) is 8.56. The van der Waals surface area contributed by atoms with Gasteiger partial charge in [0.05, 0.1) is 23.2 Å². The summed E-state index contributed by atoms with van der Waals surface area (Å²) < 4.78 is 24.6. The first kappa shape index (κ1) is 14.5. The van der Waals surface area contributed by atoms with Crippen LogP contribution in [0.4, 0.5) is 0 Å². The minimum Gasteiger partial charge on any atom is -0.310 e. The monoisotopic (exact) mass is 285 g/mol. The van der Waals surface area contributed by atoms with Gasteiger partial charge in [0.25, 0.3) is 0 Å². The quantitative estimate of drug-likeness (QED) is 0.909. The summed E-state index contributed by atoms with van der Waals surface area (Å²) in [5.41, 5.74) is 1.14. The molecule has 1 aromatic rings. The topological polar surface area (TPSA) is 64.0 Å². The van der Waals surface area contributed by atoms with Crippen LogP contribution in [0.25, 0.3) is 0 Å². The zero-order valence-corrected chi connectivity index (χ0v) is 12.7. The van der Waals surface area contributed by atoms with Crippen LogP contribution in [-0.2, 0) is 21.9 Å². The molecule has 2 heterocycles. The second-order valence-corrected chi connectivity index (χ2v) is 8.57. The molecular weight excluding hydrogens is 262 g/mol. The Hall–Kier alpha value is -0.880. The molecule has 0 aliphatic carbocycles.